The molecule has 0 fully saturated rings. The van der Waals surface area contributed by atoms with Crippen LogP contribution in [-0.4, -0.2) is 23.8 Å². The van der Waals surface area contributed by atoms with E-state index in [1.54, 1.807) is 73.7 Å². The summed E-state index contributed by atoms with van der Waals surface area (Å²) in [5.74, 6) is -1.21. The highest BCUT2D eigenvalue weighted by molar-refractivity contribution is 6.30. The number of amides is 1. The Balaban J connectivity index is 1.69. The number of benzene rings is 3. The summed E-state index contributed by atoms with van der Waals surface area (Å²) in [7, 11) is 0. The van der Waals surface area contributed by atoms with E-state index in [0.29, 0.717) is 28.3 Å². The van der Waals surface area contributed by atoms with Gasteiger partial charge in [-0.2, -0.15) is 0 Å². The van der Waals surface area contributed by atoms with Gasteiger partial charge in [-0.15, -0.1) is 0 Å². The number of ether oxygens (including phenoxy) is 1. The van der Waals surface area contributed by atoms with Crippen LogP contribution < -0.4 is 5.32 Å². The third-order valence-electron chi connectivity index (χ3n) is 4.43. The lowest BCUT2D eigenvalue weighted by Gasteiger charge is -2.15. The van der Waals surface area contributed by atoms with Crippen LogP contribution in [0, 0.1) is 0 Å². The molecular weight excluding hydrogens is 402 g/mol. The van der Waals surface area contributed by atoms with E-state index in [4.69, 9.17) is 16.3 Å². The van der Waals surface area contributed by atoms with Crippen molar-refractivity contribution in [2.24, 2.45) is 0 Å². The van der Waals surface area contributed by atoms with Gasteiger partial charge in [-0.3, -0.25) is 9.59 Å². The van der Waals surface area contributed by atoms with Crippen LogP contribution in [0.25, 0.3) is 0 Å². The number of halogens is 1. The molecule has 0 saturated heterocycles. The number of carbonyl (C=O) groups excluding carboxylic acids is 3. The van der Waals surface area contributed by atoms with Gasteiger partial charge in [0, 0.05) is 21.8 Å². The molecule has 0 aliphatic rings. The summed E-state index contributed by atoms with van der Waals surface area (Å²) in [5.41, 5.74) is 1.60. The SMILES string of the molecule is CC[C@@H](OC(=O)c1cccc(NC(=O)c2ccc(Cl)cc2)c1)C(=O)c1ccccc1. The van der Waals surface area contributed by atoms with Gasteiger partial charge >= 0.3 is 5.97 Å². The van der Waals surface area contributed by atoms with Crippen molar-refractivity contribution in [1.29, 1.82) is 0 Å². The molecule has 1 atom stereocenters. The van der Waals surface area contributed by atoms with Crippen molar-refractivity contribution >= 4 is 34.9 Å². The van der Waals surface area contributed by atoms with E-state index < -0.39 is 12.1 Å². The number of Topliss-reactive ketones (excluding diaryl/α,β-unsaturated/α-hetero) is 1. The van der Waals surface area contributed by atoms with Crippen LogP contribution in [0.4, 0.5) is 5.69 Å². The second-order valence-electron chi connectivity index (χ2n) is 6.57. The Bertz CT molecular complexity index is 1050. The minimum Gasteiger partial charge on any atom is -0.450 e. The molecule has 152 valence electrons. The zero-order valence-electron chi connectivity index (χ0n) is 16.3. The van der Waals surface area contributed by atoms with Crippen molar-refractivity contribution in [2.45, 2.75) is 19.4 Å². The van der Waals surface area contributed by atoms with Gasteiger partial charge in [-0.25, -0.2) is 4.79 Å². The quantitative estimate of drug-likeness (QED) is 0.409. The molecule has 1 amide bonds. The van der Waals surface area contributed by atoms with Crippen LogP contribution >= 0.6 is 11.6 Å². The van der Waals surface area contributed by atoms with Crippen LogP contribution in [0.15, 0.2) is 78.9 Å². The maximum absolute atomic E-state index is 12.6. The van der Waals surface area contributed by atoms with Crippen molar-refractivity contribution < 1.29 is 19.1 Å². The highest BCUT2D eigenvalue weighted by atomic mass is 35.5. The fraction of sp³-hybridized carbons (Fsp3) is 0.125. The van der Waals surface area contributed by atoms with E-state index in [1.165, 1.54) is 6.07 Å². The molecule has 1 N–H and O–H groups in total. The molecule has 6 heteroatoms. The summed E-state index contributed by atoms with van der Waals surface area (Å²) >= 11 is 5.84. The highest BCUT2D eigenvalue weighted by Gasteiger charge is 2.23. The van der Waals surface area contributed by atoms with Gasteiger partial charge in [-0.05, 0) is 48.9 Å². The van der Waals surface area contributed by atoms with Crippen molar-refractivity contribution in [3.8, 4) is 0 Å². The van der Waals surface area contributed by atoms with Gasteiger partial charge in [0.25, 0.3) is 5.91 Å². The van der Waals surface area contributed by atoms with Crippen molar-refractivity contribution in [2.75, 3.05) is 5.32 Å². The maximum atomic E-state index is 12.6. The first-order chi connectivity index (χ1) is 14.5. The number of nitrogens with one attached hydrogen (secondary N) is 1. The number of rotatable bonds is 7. The third kappa shape index (κ3) is 5.33. The van der Waals surface area contributed by atoms with Crippen LogP contribution in [0.2, 0.25) is 5.02 Å². The van der Waals surface area contributed by atoms with E-state index in [2.05, 4.69) is 5.32 Å². The first kappa shape index (κ1) is 21.3. The zero-order chi connectivity index (χ0) is 21.5. The van der Waals surface area contributed by atoms with E-state index in [0.717, 1.165) is 0 Å². The minimum absolute atomic E-state index is 0.239. The molecule has 0 bridgehead atoms. The Morgan fingerprint density at radius 2 is 1.53 bits per heavy atom. The molecule has 0 aliphatic carbocycles. The summed E-state index contributed by atoms with van der Waals surface area (Å²) in [6, 6.07) is 21.5. The molecule has 0 saturated carbocycles. The van der Waals surface area contributed by atoms with Crippen LogP contribution in [0.1, 0.15) is 44.4 Å². The van der Waals surface area contributed by atoms with Crippen LogP contribution in [-0.2, 0) is 4.74 Å². The molecule has 0 radical (unpaired) electrons. The molecule has 0 aromatic heterocycles. The van der Waals surface area contributed by atoms with Gasteiger partial charge in [0.1, 0.15) is 0 Å². The summed E-state index contributed by atoms with van der Waals surface area (Å²) in [5, 5.41) is 3.27. The van der Waals surface area contributed by atoms with Crippen molar-refractivity contribution in [3.05, 3.63) is 101 Å². The lowest BCUT2D eigenvalue weighted by Crippen LogP contribution is -2.27. The number of anilines is 1. The van der Waals surface area contributed by atoms with Gasteiger partial charge in [-0.1, -0.05) is 54.9 Å². The van der Waals surface area contributed by atoms with Gasteiger partial charge in [0.05, 0.1) is 5.56 Å². The van der Waals surface area contributed by atoms with E-state index in [1.807, 2.05) is 6.07 Å². The molecule has 0 spiro atoms. The lowest BCUT2D eigenvalue weighted by atomic mass is 10.0. The Labute approximate surface area is 179 Å². The second-order valence-corrected chi connectivity index (χ2v) is 7.01. The molecule has 3 rings (SSSR count). The van der Waals surface area contributed by atoms with E-state index in [-0.39, 0.29) is 17.3 Å². The highest BCUT2D eigenvalue weighted by Crippen LogP contribution is 2.17. The molecular formula is C24H20ClNO4. The third-order valence-corrected chi connectivity index (χ3v) is 4.69. The number of ketones is 1. The molecule has 0 heterocycles. The summed E-state index contributed by atoms with van der Waals surface area (Å²) in [6.45, 7) is 1.78. The number of hydrogen-bond donors (Lipinski definition) is 1. The fourth-order valence-electron chi connectivity index (χ4n) is 2.84. The predicted octanol–water partition coefficient (Wildman–Crippen LogP) is 5.41. The van der Waals surface area contributed by atoms with Crippen LogP contribution in [0.3, 0.4) is 0 Å². The van der Waals surface area contributed by atoms with Gasteiger partial charge in [0.15, 0.2) is 6.10 Å². The minimum atomic E-state index is -0.882. The second kappa shape index (κ2) is 9.85. The predicted molar refractivity (Wildman–Crippen MR) is 116 cm³/mol. The number of hydrogen-bond acceptors (Lipinski definition) is 4. The fourth-order valence-corrected chi connectivity index (χ4v) is 2.96. The monoisotopic (exact) mass is 421 g/mol. The summed E-state index contributed by atoms with van der Waals surface area (Å²) in [4.78, 5) is 37.5. The Hall–Kier alpha value is -3.44. The van der Waals surface area contributed by atoms with E-state index >= 15 is 0 Å². The maximum Gasteiger partial charge on any atom is 0.338 e. The summed E-state index contributed by atoms with van der Waals surface area (Å²) < 4.78 is 5.44. The zero-order valence-corrected chi connectivity index (χ0v) is 17.1. The molecule has 30 heavy (non-hydrogen) atoms. The number of esters is 1. The van der Waals surface area contributed by atoms with Gasteiger partial charge < -0.3 is 10.1 Å². The molecule has 5 nitrogen and oxygen atoms in total. The largest absolute Gasteiger partial charge is 0.450 e. The molecule has 3 aromatic rings. The summed E-state index contributed by atoms with van der Waals surface area (Å²) in [6.07, 6.45) is -0.529. The Morgan fingerprint density at radius 3 is 2.20 bits per heavy atom. The first-order valence-electron chi connectivity index (χ1n) is 9.45. The Kier molecular flexibility index (Phi) is 6.99. The van der Waals surface area contributed by atoms with Crippen LogP contribution in [0.5, 0.6) is 0 Å². The topological polar surface area (TPSA) is 72.5 Å². The molecule has 3 aromatic carbocycles. The van der Waals surface area contributed by atoms with Gasteiger partial charge in [0.2, 0.25) is 5.78 Å². The lowest BCUT2D eigenvalue weighted by molar-refractivity contribution is 0.0277. The smallest absolute Gasteiger partial charge is 0.338 e. The normalized spacial score (nSPS) is 11.4. The molecule has 0 aliphatic heterocycles. The van der Waals surface area contributed by atoms with E-state index in [9.17, 15) is 14.4 Å². The molecule has 0 unspecified atom stereocenters. The average molecular weight is 422 g/mol. The number of carbonyl (C=O) groups is 3. The van der Waals surface area contributed by atoms with Crippen molar-refractivity contribution in [1.82, 2.24) is 0 Å². The average Bonchev–Trinajstić information content (AvgIpc) is 2.78. The first-order valence-corrected chi connectivity index (χ1v) is 9.83. The van der Waals surface area contributed by atoms with Crippen molar-refractivity contribution in [3.63, 3.8) is 0 Å². The standard InChI is InChI=1S/C24H20ClNO4/c1-2-21(22(27)16-7-4-3-5-8-16)30-24(29)18-9-6-10-20(15-18)26-23(28)17-11-13-19(25)14-12-17/h3-15,21H,2H2,1H3,(H,26,28)/t21-/m1/s1. The Morgan fingerprint density at radius 1 is 0.867 bits per heavy atom.